The Morgan fingerprint density at radius 2 is 2.00 bits per heavy atom. The van der Waals surface area contributed by atoms with Crippen molar-refractivity contribution in [3.05, 3.63) is 52.5 Å². The number of thiazole rings is 1. The third-order valence-electron chi connectivity index (χ3n) is 4.36. The van der Waals surface area contributed by atoms with Crippen LogP contribution in [0, 0.1) is 5.92 Å². The van der Waals surface area contributed by atoms with Crippen molar-refractivity contribution < 1.29 is 4.79 Å². The molecule has 1 saturated heterocycles. The fraction of sp³-hybridized carbons (Fsp3) is 0.412. The Labute approximate surface area is 159 Å². The van der Waals surface area contributed by atoms with Gasteiger partial charge in [-0.15, -0.1) is 36.2 Å². The van der Waals surface area contributed by atoms with Crippen LogP contribution in [0.4, 0.5) is 0 Å². The Balaban J connectivity index is 0.00000144. The Morgan fingerprint density at radius 3 is 2.62 bits per heavy atom. The number of hydrogen-bond donors (Lipinski definition) is 1. The van der Waals surface area contributed by atoms with E-state index in [4.69, 9.17) is 5.73 Å². The van der Waals surface area contributed by atoms with Gasteiger partial charge >= 0.3 is 0 Å². The van der Waals surface area contributed by atoms with Crippen molar-refractivity contribution in [3.63, 3.8) is 0 Å². The van der Waals surface area contributed by atoms with Gasteiger partial charge in [0, 0.05) is 43.4 Å². The number of halogens is 2. The van der Waals surface area contributed by atoms with Gasteiger partial charge in [-0.25, -0.2) is 4.98 Å². The minimum Gasteiger partial charge on any atom is -0.342 e. The van der Waals surface area contributed by atoms with Crippen LogP contribution in [-0.2, 0) is 11.2 Å². The van der Waals surface area contributed by atoms with Gasteiger partial charge in [-0.3, -0.25) is 4.79 Å². The van der Waals surface area contributed by atoms with E-state index in [1.54, 1.807) is 17.5 Å². The van der Waals surface area contributed by atoms with E-state index in [0.29, 0.717) is 24.8 Å². The van der Waals surface area contributed by atoms with E-state index in [9.17, 15) is 4.79 Å². The van der Waals surface area contributed by atoms with Crippen LogP contribution < -0.4 is 5.73 Å². The number of hydrogen-bond acceptors (Lipinski definition) is 4. The first kappa shape index (κ1) is 20.9. The number of nitrogens with two attached hydrogens (primary N) is 1. The fourth-order valence-electron chi connectivity index (χ4n) is 3.14. The lowest BCUT2D eigenvalue weighted by atomic mass is 9.89. The lowest BCUT2D eigenvalue weighted by Crippen LogP contribution is -2.30. The molecule has 2 N–H and O–H groups in total. The van der Waals surface area contributed by atoms with Crippen molar-refractivity contribution in [3.8, 4) is 0 Å². The lowest BCUT2D eigenvalue weighted by Gasteiger charge is -2.16. The highest BCUT2D eigenvalue weighted by Crippen LogP contribution is 2.32. The van der Waals surface area contributed by atoms with Crippen LogP contribution in [0.2, 0.25) is 0 Å². The summed E-state index contributed by atoms with van der Waals surface area (Å²) in [6.07, 6.45) is 3.05. The molecular weight excluding hydrogens is 365 g/mol. The minimum absolute atomic E-state index is 0. The summed E-state index contributed by atoms with van der Waals surface area (Å²) in [5, 5.41) is 2.98. The van der Waals surface area contributed by atoms with Gasteiger partial charge in [-0.1, -0.05) is 30.3 Å². The van der Waals surface area contributed by atoms with E-state index in [1.165, 1.54) is 5.56 Å². The fourth-order valence-corrected chi connectivity index (χ4v) is 3.76. The van der Waals surface area contributed by atoms with Crippen molar-refractivity contribution in [2.45, 2.75) is 18.8 Å². The zero-order chi connectivity index (χ0) is 15.4. The molecule has 1 aromatic carbocycles. The molecule has 0 saturated carbocycles. The molecule has 2 aromatic rings. The quantitative estimate of drug-likeness (QED) is 0.856. The second-order valence-electron chi connectivity index (χ2n) is 5.74. The third kappa shape index (κ3) is 4.93. The normalized spacial score (nSPS) is 19.5. The average molecular weight is 388 g/mol. The number of nitrogens with zero attached hydrogens (tertiary/aromatic N) is 2. The number of aromatic nitrogens is 1. The highest BCUT2D eigenvalue weighted by atomic mass is 35.5. The van der Waals surface area contributed by atoms with Gasteiger partial charge < -0.3 is 10.6 Å². The van der Waals surface area contributed by atoms with E-state index >= 15 is 0 Å². The summed E-state index contributed by atoms with van der Waals surface area (Å²) < 4.78 is 0. The summed E-state index contributed by atoms with van der Waals surface area (Å²) in [7, 11) is 0. The molecule has 3 rings (SSSR count). The number of benzene rings is 1. The Hall–Kier alpha value is -1.14. The zero-order valence-corrected chi connectivity index (χ0v) is 15.8. The van der Waals surface area contributed by atoms with Gasteiger partial charge in [0.15, 0.2) is 0 Å². The zero-order valence-electron chi connectivity index (χ0n) is 13.3. The molecule has 7 heteroatoms. The second kappa shape index (κ2) is 9.99. The first-order chi connectivity index (χ1) is 10.8. The van der Waals surface area contributed by atoms with Crippen molar-refractivity contribution >= 4 is 42.1 Å². The standard InChI is InChI=1S/C17H21N3OS.2ClH/c18-10-14-11-20(12-15(14)13-4-2-1-3-5-13)17(21)7-6-16-19-8-9-22-16;;/h1-5,8-9,14-15H,6-7,10-12,18H2;2*1H/t14-,15+;;/m1../s1. The number of likely N-dealkylation sites (tertiary alicyclic amines) is 1. The highest BCUT2D eigenvalue weighted by molar-refractivity contribution is 7.09. The van der Waals surface area contributed by atoms with Crippen molar-refractivity contribution in [1.82, 2.24) is 9.88 Å². The van der Waals surface area contributed by atoms with Crippen LogP contribution >= 0.6 is 36.2 Å². The molecule has 1 fully saturated rings. The number of carbonyl (C=O) groups is 1. The third-order valence-corrected chi connectivity index (χ3v) is 5.20. The maximum absolute atomic E-state index is 12.4. The van der Waals surface area contributed by atoms with Crippen LogP contribution in [0.15, 0.2) is 41.9 Å². The summed E-state index contributed by atoms with van der Waals surface area (Å²) in [6.45, 7) is 2.17. The van der Waals surface area contributed by atoms with E-state index < -0.39 is 0 Å². The average Bonchev–Trinajstić information content (AvgIpc) is 3.22. The SMILES string of the molecule is Cl.Cl.NC[C@@H]1CN(C(=O)CCc2nccs2)C[C@H]1c1ccccc1. The highest BCUT2D eigenvalue weighted by Gasteiger charge is 2.34. The van der Waals surface area contributed by atoms with Crippen LogP contribution in [0.5, 0.6) is 0 Å². The van der Waals surface area contributed by atoms with Gasteiger partial charge in [0.1, 0.15) is 0 Å². The molecule has 2 heterocycles. The van der Waals surface area contributed by atoms with Crippen LogP contribution in [0.1, 0.15) is 22.9 Å². The number of amides is 1. The number of carbonyl (C=O) groups excluding carboxylic acids is 1. The molecule has 24 heavy (non-hydrogen) atoms. The summed E-state index contributed by atoms with van der Waals surface area (Å²) in [4.78, 5) is 18.7. The first-order valence-corrected chi connectivity index (χ1v) is 8.57. The van der Waals surface area contributed by atoms with Crippen molar-refractivity contribution in [1.29, 1.82) is 0 Å². The van der Waals surface area contributed by atoms with E-state index in [0.717, 1.165) is 24.5 Å². The molecule has 4 nitrogen and oxygen atoms in total. The van der Waals surface area contributed by atoms with Crippen LogP contribution in [0.3, 0.4) is 0 Å². The molecule has 2 atom stereocenters. The van der Waals surface area contributed by atoms with E-state index in [1.807, 2.05) is 16.3 Å². The van der Waals surface area contributed by atoms with Gasteiger partial charge in [-0.05, 0) is 18.0 Å². The molecule has 1 aliphatic heterocycles. The number of rotatable bonds is 5. The second-order valence-corrected chi connectivity index (χ2v) is 6.72. The molecule has 0 bridgehead atoms. The largest absolute Gasteiger partial charge is 0.342 e. The molecule has 1 amide bonds. The Bertz CT molecular complexity index is 610. The summed E-state index contributed by atoms with van der Waals surface area (Å²) in [5.74, 6) is 0.924. The topological polar surface area (TPSA) is 59.2 Å². The van der Waals surface area contributed by atoms with Crippen LogP contribution in [0.25, 0.3) is 0 Å². The predicted molar refractivity (Wildman–Crippen MR) is 103 cm³/mol. The molecule has 1 aliphatic rings. The molecule has 132 valence electrons. The molecule has 0 radical (unpaired) electrons. The molecular formula is C17H23Cl2N3OS. The monoisotopic (exact) mass is 387 g/mol. The maximum atomic E-state index is 12.4. The maximum Gasteiger partial charge on any atom is 0.223 e. The van der Waals surface area contributed by atoms with Gasteiger partial charge in [0.05, 0.1) is 5.01 Å². The predicted octanol–water partition coefficient (Wildman–Crippen LogP) is 3.12. The van der Waals surface area contributed by atoms with E-state index in [2.05, 4.69) is 29.2 Å². The smallest absolute Gasteiger partial charge is 0.223 e. The summed E-state index contributed by atoms with van der Waals surface area (Å²) in [6, 6.07) is 10.4. The summed E-state index contributed by atoms with van der Waals surface area (Å²) in [5.41, 5.74) is 7.21. The number of aryl methyl sites for hydroxylation is 1. The van der Waals surface area contributed by atoms with Gasteiger partial charge in [-0.2, -0.15) is 0 Å². The van der Waals surface area contributed by atoms with Crippen LogP contribution in [-0.4, -0.2) is 35.4 Å². The van der Waals surface area contributed by atoms with Crippen molar-refractivity contribution in [2.75, 3.05) is 19.6 Å². The van der Waals surface area contributed by atoms with E-state index in [-0.39, 0.29) is 30.7 Å². The molecule has 1 aromatic heterocycles. The lowest BCUT2D eigenvalue weighted by molar-refractivity contribution is -0.130. The minimum atomic E-state index is 0. The Kier molecular flexibility index (Phi) is 8.70. The molecule has 0 aliphatic carbocycles. The summed E-state index contributed by atoms with van der Waals surface area (Å²) >= 11 is 1.61. The van der Waals surface area contributed by atoms with Crippen molar-refractivity contribution in [2.24, 2.45) is 11.7 Å². The van der Waals surface area contributed by atoms with Gasteiger partial charge in [0.2, 0.25) is 5.91 Å². The molecule has 0 unspecified atom stereocenters. The Morgan fingerprint density at radius 1 is 1.25 bits per heavy atom. The van der Waals surface area contributed by atoms with Gasteiger partial charge in [0.25, 0.3) is 0 Å². The first-order valence-electron chi connectivity index (χ1n) is 7.69. The molecule has 0 spiro atoms.